The molecule has 396 valence electrons. The molecule has 3 aromatic heterocycles. The number of hydrogen-bond donors (Lipinski definition) is 4. The van der Waals surface area contributed by atoms with E-state index in [-0.39, 0.29) is 34.4 Å². The number of sulfonamides is 1. The van der Waals surface area contributed by atoms with Crippen LogP contribution in [0.1, 0.15) is 111 Å². The van der Waals surface area contributed by atoms with Gasteiger partial charge in [-0.05, 0) is 135 Å². The number of piperidine rings is 1. The van der Waals surface area contributed by atoms with Gasteiger partial charge in [-0.25, -0.2) is 18.1 Å². The summed E-state index contributed by atoms with van der Waals surface area (Å²) in [5.41, 5.74) is 6.62. The minimum absolute atomic E-state index is 0.0319. The zero-order chi connectivity index (χ0) is 52.8. The summed E-state index contributed by atoms with van der Waals surface area (Å²) in [5, 5.41) is 26.5. The number of carbonyl (C=O) groups is 1. The summed E-state index contributed by atoms with van der Waals surface area (Å²) in [5.74, 6) is 0.140. The maximum atomic E-state index is 14.1. The van der Waals surface area contributed by atoms with Gasteiger partial charge in [0, 0.05) is 99.7 Å². The highest BCUT2D eigenvalue weighted by Gasteiger charge is 2.50. The first kappa shape index (κ1) is 51.1. The van der Waals surface area contributed by atoms with Crippen molar-refractivity contribution in [1.82, 2.24) is 34.5 Å². The van der Waals surface area contributed by atoms with E-state index in [1.807, 2.05) is 25.1 Å². The van der Waals surface area contributed by atoms with Gasteiger partial charge in [0.2, 0.25) is 0 Å². The van der Waals surface area contributed by atoms with Crippen LogP contribution in [-0.2, 0) is 16.6 Å². The molecule has 2 saturated heterocycles. The van der Waals surface area contributed by atoms with Crippen molar-refractivity contribution in [3.05, 3.63) is 148 Å². The Morgan fingerprint density at radius 1 is 0.921 bits per heavy atom. The van der Waals surface area contributed by atoms with Crippen LogP contribution < -0.4 is 19.7 Å². The Kier molecular flexibility index (Phi) is 14.0. The van der Waals surface area contributed by atoms with Gasteiger partial charge in [0.15, 0.2) is 0 Å². The van der Waals surface area contributed by atoms with E-state index in [1.54, 1.807) is 43.0 Å². The molecular formula is C58H66N10O7S. The van der Waals surface area contributed by atoms with E-state index in [2.05, 4.69) is 89.9 Å². The van der Waals surface area contributed by atoms with Crippen LogP contribution in [0.15, 0.2) is 121 Å². The molecule has 4 N–H and O–H groups in total. The molecule has 1 spiro atoms. The van der Waals surface area contributed by atoms with Gasteiger partial charge in [-0.15, -0.1) is 0 Å². The first-order chi connectivity index (χ1) is 36.6. The van der Waals surface area contributed by atoms with Crippen LogP contribution in [0.4, 0.5) is 17.1 Å². The summed E-state index contributed by atoms with van der Waals surface area (Å²) < 4.78 is 36.3. The lowest BCUT2D eigenvalue weighted by Crippen LogP contribution is -2.60. The number of fused-ring (bicyclic) bond motifs is 2. The lowest BCUT2D eigenvalue weighted by molar-refractivity contribution is -0.384. The molecule has 0 radical (unpaired) electrons. The van der Waals surface area contributed by atoms with E-state index >= 15 is 0 Å². The number of anilines is 2. The Bertz CT molecular complexity index is 3390. The normalized spacial score (nSPS) is 21.5. The average Bonchev–Trinajstić information content (AvgIpc) is 3.90. The smallest absolute Gasteiger partial charge is 0.293 e. The number of nitro benzene ring substituents is 1. The highest BCUT2D eigenvalue weighted by atomic mass is 32.2. The highest BCUT2D eigenvalue weighted by molar-refractivity contribution is 7.90. The van der Waals surface area contributed by atoms with Crippen molar-refractivity contribution in [2.24, 2.45) is 11.3 Å². The Hall–Kier alpha value is -6.99. The van der Waals surface area contributed by atoms with Gasteiger partial charge < -0.3 is 25.0 Å². The number of nitrogens with zero attached hydrogens (tertiary/aromatic N) is 7. The number of nitrogens with one attached hydrogen (secondary N) is 3. The molecule has 76 heavy (non-hydrogen) atoms. The number of para-hydroxylation sites is 1. The number of carbonyl (C=O) groups excluding carboxylic acids is 1. The predicted octanol–water partition coefficient (Wildman–Crippen LogP) is 10.1. The summed E-state index contributed by atoms with van der Waals surface area (Å²) in [6.45, 7) is 12.1. The molecule has 4 aliphatic rings. The number of ether oxygens (including phenoxy) is 1. The molecule has 1 atom stereocenters. The Morgan fingerprint density at radius 3 is 2.50 bits per heavy atom. The van der Waals surface area contributed by atoms with Gasteiger partial charge in [-0.2, -0.15) is 0 Å². The number of rotatable bonds is 15. The van der Waals surface area contributed by atoms with Crippen LogP contribution in [0, 0.1) is 21.4 Å². The van der Waals surface area contributed by atoms with Crippen molar-refractivity contribution in [3.8, 4) is 11.5 Å². The van der Waals surface area contributed by atoms with Gasteiger partial charge in [0.05, 0.1) is 38.2 Å². The molecule has 4 fully saturated rings. The summed E-state index contributed by atoms with van der Waals surface area (Å²) in [7, 11) is -4.59. The van der Waals surface area contributed by atoms with Crippen LogP contribution >= 0.6 is 0 Å². The SMILES string of the molecule is CC(C)c1ccccc1C1CN(Cc2cccc3nccnc23)CCN1C1CC2(CCN(c3ccc(C(=O)NS(=O)(=O)c4ccc(NCC5CCC(C)(O)CC5)c([N+](=O)[O-])c4)c(Oc4cnc5[nH]ccc5c4)c3)CC2)C1. The molecule has 11 rings (SSSR count). The second-order valence-corrected chi connectivity index (χ2v) is 23.9. The van der Waals surface area contributed by atoms with Crippen LogP contribution in [0.3, 0.4) is 0 Å². The standard InChI is InChI=1S/C58H66N10O7S/c1-38(2)46-8-4-5-9-47(46)52-37-65(36-41-7-6-10-50-54(41)60-24-23-59-50)27-28-67(52)43-32-58(33-43)20-25-66(26-21-58)42-11-13-48(53(30-42)75-44-29-40-17-22-61-55(40)63-35-44)56(69)64-76(73,74)45-12-14-49(51(31-45)68(71)72)62-34-39-15-18-57(3,70)19-16-39/h4-14,17,22-24,29-31,35,38-39,43,52,62,70H,15-16,18-21,25-28,32-34,36-37H2,1-3H3,(H,61,63)(H,64,69). The summed E-state index contributed by atoms with van der Waals surface area (Å²) in [4.78, 5) is 49.8. The first-order valence-electron chi connectivity index (χ1n) is 26.7. The molecule has 1 amide bonds. The van der Waals surface area contributed by atoms with Crippen molar-refractivity contribution in [3.63, 3.8) is 0 Å². The molecule has 17 nitrogen and oxygen atoms in total. The van der Waals surface area contributed by atoms with E-state index in [4.69, 9.17) is 9.72 Å². The summed E-state index contributed by atoms with van der Waals surface area (Å²) >= 11 is 0. The monoisotopic (exact) mass is 1050 g/mol. The van der Waals surface area contributed by atoms with Gasteiger partial charge in [0.1, 0.15) is 22.8 Å². The predicted molar refractivity (Wildman–Crippen MR) is 293 cm³/mol. The molecule has 7 aromatic rings. The Labute approximate surface area is 443 Å². The lowest BCUT2D eigenvalue weighted by Gasteiger charge is -2.58. The quantitative estimate of drug-likeness (QED) is 0.0556. The van der Waals surface area contributed by atoms with Crippen LogP contribution in [0.2, 0.25) is 0 Å². The van der Waals surface area contributed by atoms with Gasteiger partial charge in [-0.3, -0.25) is 34.7 Å². The number of pyridine rings is 1. The van der Waals surface area contributed by atoms with Crippen LogP contribution in [0.25, 0.3) is 22.1 Å². The molecular weight excluding hydrogens is 981 g/mol. The number of aromatic nitrogens is 4. The third kappa shape index (κ3) is 10.7. The number of nitro groups is 1. The van der Waals surface area contributed by atoms with Crippen molar-refractivity contribution < 1.29 is 28.0 Å². The molecule has 2 saturated carbocycles. The summed E-state index contributed by atoms with van der Waals surface area (Å²) in [6.07, 6.45) is 13.9. The second kappa shape index (κ2) is 20.9. The fourth-order valence-corrected chi connectivity index (χ4v) is 13.3. The van der Waals surface area contributed by atoms with Crippen LogP contribution in [-0.4, -0.2) is 105 Å². The van der Waals surface area contributed by atoms with E-state index in [0.29, 0.717) is 42.7 Å². The lowest BCUT2D eigenvalue weighted by atomic mass is 9.59. The fourth-order valence-electron chi connectivity index (χ4n) is 12.3. The molecule has 2 aliphatic heterocycles. The van der Waals surface area contributed by atoms with E-state index < -0.39 is 37.0 Å². The number of benzene rings is 4. The second-order valence-electron chi connectivity index (χ2n) is 22.2. The van der Waals surface area contributed by atoms with Gasteiger partial charge in [0.25, 0.3) is 21.6 Å². The number of hydrogen-bond acceptors (Lipinski definition) is 14. The number of aromatic amines is 1. The van der Waals surface area contributed by atoms with Crippen molar-refractivity contribution in [1.29, 1.82) is 0 Å². The molecule has 1 unspecified atom stereocenters. The molecule has 18 heteroatoms. The summed E-state index contributed by atoms with van der Waals surface area (Å²) in [6, 6.07) is 28.4. The third-order valence-electron chi connectivity index (χ3n) is 16.7. The average molecular weight is 1050 g/mol. The number of amides is 1. The third-order valence-corrected chi connectivity index (χ3v) is 18.1. The minimum atomic E-state index is -4.59. The number of aliphatic hydroxyl groups is 1. The maximum absolute atomic E-state index is 14.1. The largest absolute Gasteiger partial charge is 0.455 e. The van der Waals surface area contributed by atoms with E-state index in [9.17, 15) is 28.4 Å². The Balaban J connectivity index is 0.783. The highest BCUT2D eigenvalue weighted by Crippen LogP contribution is 2.53. The van der Waals surface area contributed by atoms with Gasteiger partial charge >= 0.3 is 0 Å². The zero-order valence-corrected chi connectivity index (χ0v) is 44.1. The maximum Gasteiger partial charge on any atom is 0.293 e. The van der Waals surface area contributed by atoms with E-state index in [0.717, 1.165) is 106 Å². The van der Waals surface area contributed by atoms with Crippen molar-refractivity contribution in [2.75, 3.05) is 49.5 Å². The molecule has 0 bridgehead atoms. The number of H-pyrrole nitrogens is 1. The molecule has 2 aliphatic carbocycles. The zero-order valence-electron chi connectivity index (χ0n) is 43.3. The van der Waals surface area contributed by atoms with Crippen molar-refractivity contribution in [2.45, 2.75) is 107 Å². The topological polar surface area (TPSA) is 212 Å². The van der Waals surface area contributed by atoms with Crippen LogP contribution in [0.5, 0.6) is 11.5 Å². The van der Waals surface area contributed by atoms with Crippen molar-refractivity contribution >= 4 is 55.1 Å². The minimum Gasteiger partial charge on any atom is -0.455 e. The molecule has 5 heterocycles. The van der Waals surface area contributed by atoms with E-state index in [1.165, 1.54) is 28.8 Å². The Morgan fingerprint density at radius 2 is 1.71 bits per heavy atom. The van der Waals surface area contributed by atoms with Gasteiger partial charge in [-0.1, -0.05) is 50.2 Å². The fraction of sp³-hybridized carbons (Fsp3) is 0.414. The molecule has 4 aromatic carbocycles. The number of piperazine rings is 1. The first-order valence-corrected chi connectivity index (χ1v) is 28.1.